The summed E-state index contributed by atoms with van der Waals surface area (Å²) in [7, 11) is 0. The Kier molecular flexibility index (Phi) is 6.44. The summed E-state index contributed by atoms with van der Waals surface area (Å²) in [5.41, 5.74) is 9.53. The van der Waals surface area contributed by atoms with Crippen molar-refractivity contribution in [3.63, 3.8) is 0 Å². The molecule has 0 saturated carbocycles. The van der Waals surface area contributed by atoms with Crippen molar-refractivity contribution in [2.24, 2.45) is 0 Å². The molecule has 0 amide bonds. The Balaban J connectivity index is 1.41. The molecule has 7 nitrogen and oxygen atoms in total. The van der Waals surface area contributed by atoms with Crippen molar-refractivity contribution in [2.75, 3.05) is 46.6 Å². The van der Waals surface area contributed by atoms with Crippen LogP contribution < -0.4 is 20.4 Å². The van der Waals surface area contributed by atoms with Crippen molar-refractivity contribution in [3.05, 3.63) is 95.9 Å². The van der Waals surface area contributed by atoms with Crippen LogP contribution in [-0.2, 0) is 6.54 Å². The number of benzene rings is 2. The highest BCUT2D eigenvalue weighted by molar-refractivity contribution is 6.30. The number of nitrogen functional groups attached to an aromatic ring is 1. The second kappa shape index (κ2) is 9.97. The van der Waals surface area contributed by atoms with Crippen LogP contribution in [0.5, 0.6) is 0 Å². The molecule has 3 heterocycles. The minimum atomic E-state index is 0.556. The van der Waals surface area contributed by atoms with E-state index in [1.165, 1.54) is 0 Å². The zero-order valence-corrected chi connectivity index (χ0v) is 19.5. The van der Waals surface area contributed by atoms with E-state index in [4.69, 9.17) is 17.3 Å². The van der Waals surface area contributed by atoms with E-state index in [2.05, 4.69) is 43.0 Å². The maximum Gasteiger partial charge on any atom is 0.163 e. The number of rotatable bonds is 6. The van der Waals surface area contributed by atoms with E-state index < -0.39 is 0 Å². The van der Waals surface area contributed by atoms with Crippen molar-refractivity contribution >= 4 is 40.4 Å². The monoisotopic (exact) mass is 471 g/mol. The Morgan fingerprint density at radius 3 is 2.32 bits per heavy atom. The number of anilines is 5. The Morgan fingerprint density at radius 1 is 0.824 bits per heavy atom. The average Bonchev–Trinajstić information content (AvgIpc) is 2.89. The van der Waals surface area contributed by atoms with E-state index in [0.29, 0.717) is 18.1 Å². The number of pyridine rings is 1. The molecular weight excluding hydrogens is 446 g/mol. The van der Waals surface area contributed by atoms with Crippen LogP contribution in [0.1, 0.15) is 5.56 Å². The molecule has 0 radical (unpaired) electrons. The van der Waals surface area contributed by atoms with Crippen LogP contribution in [0.4, 0.5) is 28.8 Å². The van der Waals surface area contributed by atoms with Crippen molar-refractivity contribution in [1.29, 1.82) is 0 Å². The van der Waals surface area contributed by atoms with E-state index in [-0.39, 0.29) is 0 Å². The van der Waals surface area contributed by atoms with Gasteiger partial charge < -0.3 is 20.4 Å². The van der Waals surface area contributed by atoms with Crippen LogP contribution in [0.15, 0.2) is 85.3 Å². The van der Waals surface area contributed by atoms with E-state index in [9.17, 15) is 0 Å². The minimum absolute atomic E-state index is 0.556. The fourth-order valence-corrected chi connectivity index (χ4v) is 4.42. The Bertz CT molecular complexity index is 1230. The molecule has 4 aromatic rings. The zero-order chi connectivity index (χ0) is 23.3. The number of hydrogen-bond acceptors (Lipinski definition) is 7. The van der Waals surface area contributed by atoms with Gasteiger partial charge in [-0.3, -0.25) is 0 Å². The smallest absolute Gasteiger partial charge is 0.163 e. The highest BCUT2D eigenvalue weighted by atomic mass is 35.5. The molecule has 2 aromatic heterocycles. The van der Waals surface area contributed by atoms with Crippen molar-refractivity contribution < 1.29 is 0 Å². The maximum absolute atomic E-state index is 6.70. The van der Waals surface area contributed by atoms with Crippen molar-refractivity contribution in [2.45, 2.75) is 6.54 Å². The second-order valence-corrected chi connectivity index (χ2v) is 8.58. The number of piperazine rings is 1. The van der Waals surface area contributed by atoms with Gasteiger partial charge in [0.2, 0.25) is 0 Å². The molecule has 8 heteroatoms. The molecule has 0 unspecified atom stereocenters. The lowest BCUT2D eigenvalue weighted by Gasteiger charge is -2.37. The minimum Gasteiger partial charge on any atom is -0.393 e. The number of hydrogen-bond donors (Lipinski definition) is 1. The fraction of sp³-hybridized carbons (Fsp3) is 0.192. The predicted molar refractivity (Wildman–Crippen MR) is 139 cm³/mol. The van der Waals surface area contributed by atoms with E-state index >= 15 is 0 Å². The lowest BCUT2D eigenvalue weighted by atomic mass is 10.2. The first kappa shape index (κ1) is 22.0. The van der Waals surface area contributed by atoms with Gasteiger partial charge >= 0.3 is 0 Å². The Labute approximate surface area is 204 Å². The molecule has 5 rings (SSSR count). The third-order valence-electron chi connectivity index (χ3n) is 5.96. The number of nitrogens with zero attached hydrogens (tertiary/aromatic N) is 6. The quantitative estimate of drug-likeness (QED) is 0.434. The molecule has 1 aliphatic heterocycles. The second-order valence-electron chi connectivity index (χ2n) is 8.15. The van der Waals surface area contributed by atoms with Crippen LogP contribution in [0, 0.1) is 0 Å². The van der Waals surface area contributed by atoms with Gasteiger partial charge in [-0.2, -0.15) is 0 Å². The zero-order valence-electron chi connectivity index (χ0n) is 18.8. The molecule has 0 bridgehead atoms. The van der Waals surface area contributed by atoms with Gasteiger partial charge in [0, 0.05) is 43.1 Å². The number of nitrogens with two attached hydrogens (primary N) is 1. The number of aromatic nitrogens is 3. The molecule has 1 saturated heterocycles. The first-order chi connectivity index (χ1) is 16.7. The summed E-state index contributed by atoms with van der Waals surface area (Å²) in [6.45, 7) is 3.91. The molecule has 2 aromatic carbocycles. The molecule has 0 atom stereocenters. The van der Waals surface area contributed by atoms with E-state index in [0.717, 1.165) is 54.1 Å². The first-order valence-electron chi connectivity index (χ1n) is 11.3. The van der Waals surface area contributed by atoms with Crippen LogP contribution in [0.3, 0.4) is 0 Å². The molecule has 0 spiro atoms. The third-order valence-corrected chi connectivity index (χ3v) is 6.19. The molecule has 1 fully saturated rings. The summed E-state index contributed by atoms with van der Waals surface area (Å²) >= 11 is 6.18. The van der Waals surface area contributed by atoms with Crippen LogP contribution in [0.25, 0.3) is 0 Å². The lowest BCUT2D eigenvalue weighted by molar-refractivity contribution is 0.647. The largest absolute Gasteiger partial charge is 0.393 e. The maximum atomic E-state index is 6.70. The summed E-state index contributed by atoms with van der Waals surface area (Å²) in [6, 6.07) is 24.0. The first-order valence-corrected chi connectivity index (χ1v) is 11.7. The highest BCUT2D eigenvalue weighted by Gasteiger charge is 2.24. The standard InChI is InChI=1S/C26H26ClN7/c27-21-9-6-10-22(17-21)32-13-15-33(16-14-32)25-24(28)26(31-19-30-25)34(23-11-4-5-12-29-23)18-20-7-2-1-3-8-20/h1-12,17,19H,13-16,18,28H2. The van der Waals surface area contributed by atoms with Gasteiger partial charge in [-0.15, -0.1) is 0 Å². The molecule has 2 N–H and O–H groups in total. The normalized spacial score (nSPS) is 13.7. The summed E-state index contributed by atoms with van der Waals surface area (Å²) in [6.07, 6.45) is 3.37. The van der Waals surface area contributed by atoms with Gasteiger partial charge in [0.15, 0.2) is 11.6 Å². The topological polar surface area (TPSA) is 74.4 Å². The van der Waals surface area contributed by atoms with E-state index in [1.54, 1.807) is 12.5 Å². The van der Waals surface area contributed by atoms with Gasteiger partial charge in [0.25, 0.3) is 0 Å². The average molecular weight is 472 g/mol. The van der Waals surface area contributed by atoms with Crippen LogP contribution >= 0.6 is 11.6 Å². The molecule has 172 valence electrons. The molecule has 0 aliphatic carbocycles. The highest BCUT2D eigenvalue weighted by Crippen LogP contribution is 2.34. The summed E-state index contributed by atoms with van der Waals surface area (Å²) in [5, 5.41) is 0.748. The van der Waals surface area contributed by atoms with Crippen molar-refractivity contribution in [1.82, 2.24) is 15.0 Å². The van der Waals surface area contributed by atoms with Gasteiger partial charge in [0.1, 0.15) is 17.8 Å². The summed E-state index contributed by atoms with van der Waals surface area (Å²) < 4.78 is 0. The van der Waals surface area contributed by atoms with Crippen LogP contribution in [-0.4, -0.2) is 41.1 Å². The fourth-order valence-electron chi connectivity index (χ4n) is 4.24. The molecular formula is C26H26ClN7. The van der Waals surface area contributed by atoms with Gasteiger partial charge in [-0.25, -0.2) is 15.0 Å². The van der Waals surface area contributed by atoms with Crippen molar-refractivity contribution in [3.8, 4) is 0 Å². The van der Waals surface area contributed by atoms with Gasteiger partial charge in [-0.05, 0) is 35.9 Å². The lowest BCUT2D eigenvalue weighted by Crippen LogP contribution is -2.47. The van der Waals surface area contributed by atoms with Gasteiger partial charge in [0.05, 0.1) is 6.54 Å². The summed E-state index contributed by atoms with van der Waals surface area (Å²) in [4.78, 5) is 20.3. The molecule has 1 aliphatic rings. The van der Waals surface area contributed by atoms with E-state index in [1.807, 2.05) is 59.5 Å². The Hall–Kier alpha value is -3.84. The van der Waals surface area contributed by atoms with Gasteiger partial charge in [-0.1, -0.05) is 54.1 Å². The summed E-state index contributed by atoms with van der Waals surface area (Å²) in [5.74, 6) is 2.20. The predicted octanol–water partition coefficient (Wildman–Crippen LogP) is 4.77. The number of halogens is 1. The Morgan fingerprint density at radius 2 is 1.59 bits per heavy atom. The third kappa shape index (κ3) is 4.75. The SMILES string of the molecule is Nc1c(N2CCN(c3cccc(Cl)c3)CC2)ncnc1N(Cc1ccccc1)c1ccccn1. The van der Waals surface area contributed by atoms with Crippen LogP contribution in [0.2, 0.25) is 5.02 Å². The molecule has 34 heavy (non-hydrogen) atoms.